The number of urea groups is 1. The first-order chi connectivity index (χ1) is 21.1. The number of esters is 1. The molecule has 4 rings (SSSR count). The third kappa shape index (κ3) is 9.07. The highest BCUT2D eigenvalue weighted by Crippen LogP contribution is 2.39. The lowest BCUT2D eigenvalue weighted by Crippen LogP contribution is -2.53. The van der Waals surface area contributed by atoms with Gasteiger partial charge in [0, 0.05) is 18.9 Å². The predicted molar refractivity (Wildman–Crippen MR) is 161 cm³/mol. The number of carbonyl (C=O) groups excluding carboxylic acids is 2. The van der Waals surface area contributed by atoms with Crippen molar-refractivity contribution in [2.75, 3.05) is 6.61 Å². The van der Waals surface area contributed by atoms with E-state index in [1.54, 1.807) is 13.0 Å². The van der Waals surface area contributed by atoms with Crippen LogP contribution in [0.25, 0.3) is 0 Å². The van der Waals surface area contributed by atoms with Crippen molar-refractivity contribution in [1.29, 1.82) is 0 Å². The van der Waals surface area contributed by atoms with Crippen LogP contribution in [0.3, 0.4) is 0 Å². The molecule has 0 aromatic heterocycles. The number of amides is 2. The second-order valence-corrected chi connectivity index (χ2v) is 11.4. The molecule has 0 unspecified atom stereocenters. The number of hydrogen-bond acceptors (Lipinski definition) is 3. The van der Waals surface area contributed by atoms with Crippen molar-refractivity contribution in [2.45, 2.75) is 88.9 Å². The number of aryl methyl sites for hydroxylation is 1. The van der Waals surface area contributed by atoms with Crippen LogP contribution in [0.15, 0.2) is 72.8 Å². The Labute approximate surface area is 256 Å². The van der Waals surface area contributed by atoms with Crippen molar-refractivity contribution in [3.8, 4) is 0 Å². The molecule has 0 aliphatic heterocycles. The fraction of sp³-hybridized carbons (Fsp3) is 0.429. The molecule has 2 N–H and O–H groups in total. The third-order valence-electron chi connectivity index (χ3n) is 8.12. The molecule has 0 heterocycles. The minimum absolute atomic E-state index is 0.00170. The number of ether oxygens (including phenoxy) is 1. The smallest absolute Gasteiger partial charge is 0.416 e. The van der Waals surface area contributed by atoms with Gasteiger partial charge in [0.2, 0.25) is 0 Å². The van der Waals surface area contributed by atoms with Gasteiger partial charge in [0.05, 0.1) is 17.7 Å². The van der Waals surface area contributed by atoms with Crippen molar-refractivity contribution < 1.29 is 31.9 Å². The second kappa shape index (κ2) is 15.2. The van der Waals surface area contributed by atoms with Crippen LogP contribution in [0.4, 0.5) is 22.4 Å². The van der Waals surface area contributed by atoms with Crippen molar-refractivity contribution in [1.82, 2.24) is 10.6 Å². The normalized spacial score (nSPS) is 15.0. The van der Waals surface area contributed by atoms with Gasteiger partial charge in [-0.2, -0.15) is 13.2 Å². The highest BCUT2D eigenvalue weighted by atomic mass is 19.4. The molecular formula is C35H40F4N2O3. The van der Waals surface area contributed by atoms with Gasteiger partial charge in [-0.15, -0.1) is 0 Å². The van der Waals surface area contributed by atoms with E-state index in [9.17, 15) is 27.2 Å². The molecular weight excluding hydrogens is 572 g/mol. The van der Waals surface area contributed by atoms with Crippen molar-refractivity contribution in [3.63, 3.8) is 0 Å². The van der Waals surface area contributed by atoms with E-state index in [0.29, 0.717) is 37.5 Å². The molecule has 1 fully saturated rings. The second-order valence-electron chi connectivity index (χ2n) is 11.4. The van der Waals surface area contributed by atoms with E-state index in [0.717, 1.165) is 61.8 Å². The van der Waals surface area contributed by atoms with Gasteiger partial charge in [0.25, 0.3) is 0 Å². The molecule has 0 saturated heterocycles. The predicted octanol–water partition coefficient (Wildman–Crippen LogP) is 8.24. The average molecular weight is 613 g/mol. The number of nitrogens with one attached hydrogen (secondary N) is 2. The van der Waals surface area contributed by atoms with Crippen LogP contribution in [0.2, 0.25) is 0 Å². The lowest BCUT2D eigenvalue weighted by Gasteiger charge is -2.37. The van der Waals surface area contributed by atoms with Crippen LogP contribution in [-0.4, -0.2) is 24.6 Å². The minimum Gasteiger partial charge on any atom is -0.466 e. The summed E-state index contributed by atoms with van der Waals surface area (Å²) in [7, 11) is 0. The first-order valence-corrected chi connectivity index (χ1v) is 15.3. The van der Waals surface area contributed by atoms with Crippen LogP contribution in [-0.2, 0) is 34.1 Å². The van der Waals surface area contributed by atoms with E-state index < -0.39 is 29.1 Å². The van der Waals surface area contributed by atoms with Gasteiger partial charge in [0.15, 0.2) is 0 Å². The Bertz CT molecular complexity index is 1390. The molecule has 3 aromatic carbocycles. The lowest BCUT2D eigenvalue weighted by molar-refractivity contribution is -0.143. The molecule has 3 aromatic rings. The molecule has 0 radical (unpaired) electrons. The van der Waals surface area contributed by atoms with E-state index in [-0.39, 0.29) is 24.0 Å². The molecule has 1 aliphatic carbocycles. The number of carbonyl (C=O) groups is 2. The van der Waals surface area contributed by atoms with Gasteiger partial charge in [-0.05, 0) is 79.5 Å². The molecule has 9 heteroatoms. The Morgan fingerprint density at radius 2 is 1.55 bits per heavy atom. The molecule has 1 saturated carbocycles. The highest BCUT2D eigenvalue weighted by Gasteiger charge is 2.40. The summed E-state index contributed by atoms with van der Waals surface area (Å²) in [5.41, 5.74) is -0.419. The quantitative estimate of drug-likeness (QED) is 0.116. The molecule has 2 amide bonds. The Kier molecular flexibility index (Phi) is 11.4. The number of rotatable bonds is 13. The molecule has 0 spiro atoms. The Hall–Kier alpha value is -3.88. The zero-order chi connectivity index (χ0) is 31.6. The van der Waals surface area contributed by atoms with E-state index in [1.165, 1.54) is 0 Å². The van der Waals surface area contributed by atoms with Gasteiger partial charge in [-0.3, -0.25) is 4.79 Å². The topological polar surface area (TPSA) is 67.4 Å². The first-order valence-electron chi connectivity index (χ1n) is 15.3. The zero-order valence-corrected chi connectivity index (χ0v) is 25.0. The standard InChI is InChI=1S/C35H40F4N2O3/c1-2-44-32(42)19-8-4-5-12-25-15-11-16-27(20-25)34(24-26-13-6-3-7-14-26,41-33(43)40-31-17-9-10-18-31)28-21-29(35(37,38)39)23-30(36)22-28/h3,6-7,11,13-16,20-23,31H,2,4-5,8-10,12,17-19,24H2,1H3,(H2,40,41,43)/t34-/m1/s1. The molecule has 5 nitrogen and oxygen atoms in total. The van der Waals surface area contributed by atoms with Gasteiger partial charge in [-0.25, -0.2) is 9.18 Å². The average Bonchev–Trinajstić information content (AvgIpc) is 3.49. The summed E-state index contributed by atoms with van der Waals surface area (Å²) in [4.78, 5) is 25.2. The van der Waals surface area contributed by atoms with Crippen LogP contribution < -0.4 is 10.6 Å². The van der Waals surface area contributed by atoms with Crippen molar-refractivity contribution in [2.24, 2.45) is 0 Å². The van der Waals surface area contributed by atoms with E-state index >= 15 is 0 Å². The molecule has 0 bridgehead atoms. The summed E-state index contributed by atoms with van der Waals surface area (Å²) in [6, 6.07) is 18.4. The Balaban J connectivity index is 1.74. The number of unbranched alkanes of at least 4 members (excludes halogenated alkanes) is 2. The summed E-state index contributed by atoms with van der Waals surface area (Å²) >= 11 is 0. The maximum Gasteiger partial charge on any atom is 0.416 e. The summed E-state index contributed by atoms with van der Waals surface area (Å²) in [6.45, 7) is 2.11. The van der Waals surface area contributed by atoms with Crippen LogP contribution in [0, 0.1) is 5.82 Å². The highest BCUT2D eigenvalue weighted by molar-refractivity contribution is 5.76. The number of halogens is 4. The van der Waals surface area contributed by atoms with Crippen molar-refractivity contribution >= 4 is 12.0 Å². The fourth-order valence-corrected chi connectivity index (χ4v) is 5.95. The van der Waals surface area contributed by atoms with Crippen molar-refractivity contribution in [3.05, 3.63) is 106 Å². The van der Waals surface area contributed by atoms with E-state index in [1.807, 2.05) is 48.5 Å². The third-order valence-corrected chi connectivity index (χ3v) is 8.12. The van der Waals surface area contributed by atoms with Gasteiger partial charge < -0.3 is 15.4 Å². The fourth-order valence-electron chi connectivity index (χ4n) is 5.95. The van der Waals surface area contributed by atoms with E-state index in [2.05, 4.69) is 10.6 Å². The summed E-state index contributed by atoms with van der Waals surface area (Å²) < 4.78 is 61.8. The number of hydrogen-bond donors (Lipinski definition) is 2. The van der Waals surface area contributed by atoms with Gasteiger partial charge in [0.1, 0.15) is 5.82 Å². The maximum absolute atomic E-state index is 15.0. The van der Waals surface area contributed by atoms with Crippen LogP contribution in [0.1, 0.15) is 86.1 Å². The molecule has 44 heavy (non-hydrogen) atoms. The first kappa shape index (κ1) is 33.0. The minimum atomic E-state index is -4.78. The molecule has 236 valence electrons. The Morgan fingerprint density at radius 1 is 0.841 bits per heavy atom. The van der Waals surface area contributed by atoms with Crippen LogP contribution in [0.5, 0.6) is 0 Å². The van der Waals surface area contributed by atoms with Crippen LogP contribution >= 0.6 is 0 Å². The molecule has 1 atom stereocenters. The monoisotopic (exact) mass is 612 g/mol. The lowest BCUT2D eigenvalue weighted by atomic mass is 9.76. The maximum atomic E-state index is 15.0. The summed E-state index contributed by atoms with van der Waals surface area (Å²) in [5.74, 6) is -1.27. The summed E-state index contributed by atoms with van der Waals surface area (Å²) in [6.07, 6.45) is 2.18. The Morgan fingerprint density at radius 3 is 2.25 bits per heavy atom. The number of alkyl halides is 3. The van der Waals surface area contributed by atoms with Gasteiger partial charge in [-0.1, -0.05) is 73.9 Å². The summed E-state index contributed by atoms with van der Waals surface area (Å²) in [5, 5.41) is 6.03. The molecule has 1 aliphatic rings. The van der Waals surface area contributed by atoms with E-state index in [4.69, 9.17) is 4.74 Å². The zero-order valence-electron chi connectivity index (χ0n) is 25.0. The number of benzene rings is 3. The SMILES string of the molecule is CCOC(=O)CCCCCc1cccc([C@@](Cc2ccccc2)(NC(=O)NC2CCCC2)c2cc(F)cc(C(F)(F)F)c2)c1. The van der Waals surface area contributed by atoms with Gasteiger partial charge >= 0.3 is 18.2 Å². The largest absolute Gasteiger partial charge is 0.466 e.